The molecule has 0 bridgehead atoms. The average Bonchev–Trinajstić information content (AvgIpc) is 3.17. The molecule has 12 nitrogen and oxygen atoms in total. The van der Waals surface area contributed by atoms with Gasteiger partial charge < -0.3 is 24.7 Å². The second-order valence-corrected chi connectivity index (χ2v) is 10.1. The molecule has 3 rings (SSSR count). The number of hydrogen-bond acceptors (Lipinski definition) is 8. The summed E-state index contributed by atoms with van der Waals surface area (Å²) in [4.78, 5) is 53.9. The third-order valence-electron chi connectivity index (χ3n) is 5.80. The van der Waals surface area contributed by atoms with Crippen molar-refractivity contribution in [3.8, 4) is 0 Å². The number of aryl methyl sites for hydroxylation is 1. The normalized spacial score (nSPS) is 12.8. The van der Waals surface area contributed by atoms with Crippen LogP contribution < -0.4 is 10.6 Å². The average molecular weight is 558 g/mol. The molecule has 214 valence electrons. The molecule has 0 saturated heterocycles. The molecule has 0 aliphatic rings. The molecule has 1 heterocycles. The number of nitro benzene ring substituents is 1. The second-order valence-electron chi connectivity index (χ2n) is 10.1. The maximum atomic E-state index is 13.5. The van der Waals surface area contributed by atoms with Crippen molar-refractivity contribution in [2.75, 3.05) is 6.61 Å². The molecule has 0 aliphatic carbocycles. The minimum absolute atomic E-state index is 0.0139. The zero-order valence-corrected chi connectivity index (χ0v) is 22.9. The summed E-state index contributed by atoms with van der Waals surface area (Å²) >= 11 is 0. The zero-order valence-electron chi connectivity index (χ0n) is 22.9. The van der Waals surface area contributed by atoms with Crippen LogP contribution in [0.1, 0.15) is 39.1 Å². The lowest BCUT2D eigenvalue weighted by molar-refractivity contribution is -0.384. The molecule has 0 spiro atoms. The Kier molecular flexibility index (Phi) is 9.40. The van der Waals surface area contributed by atoms with Crippen LogP contribution in [0.4, 0.5) is 14.9 Å². The van der Waals surface area contributed by atoms with E-state index in [4.69, 9.17) is 9.47 Å². The first kappa shape index (κ1) is 30.0. The first-order chi connectivity index (χ1) is 18.8. The van der Waals surface area contributed by atoms with Crippen molar-refractivity contribution in [2.45, 2.75) is 58.2 Å². The van der Waals surface area contributed by atoms with E-state index in [0.29, 0.717) is 22.4 Å². The van der Waals surface area contributed by atoms with E-state index in [0.717, 1.165) is 0 Å². The van der Waals surface area contributed by atoms with E-state index in [2.05, 4.69) is 15.6 Å². The number of halogens is 1. The highest BCUT2D eigenvalue weighted by Gasteiger charge is 2.31. The van der Waals surface area contributed by atoms with Gasteiger partial charge in [-0.1, -0.05) is 12.1 Å². The van der Waals surface area contributed by atoms with Crippen LogP contribution in [0.3, 0.4) is 0 Å². The van der Waals surface area contributed by atoms with Gasteiger partial charge in [0.1, 0.15) is 29.3 Å². The van der Waals surface area contributed by atoms with Gasteiger partial charge in [0.25, 0.3) is 5.69 Å². The van der Waals surface area contributed by atoms with E-state index in [1.807, 2.05) is 0 Å². The Labute approximate surface area is 230 Å². The van der Waals surface area contributed by atoms with Gasteiger partial charge in [0.15, 0.2) is 0 Å². The predicted molar refractivity (Wildman–Crippen MR) is 143 cm³/mol. The number of aromatic nitrogens is 2. The minimum atomic E-state index is -1.24. The Morgan fingerprint density at radius 2 is 1.75 bits per heavy atom. The Bertz CT molecular complexity index is 1400. The molecular weight excluding hydrogens is 525 g/mol. The summed E-state index contributed by atoms with van der Waals surface area (Å²) in [7, 11) is 1.68. The number of carbonyl (C=O) groups excluding carboxylic acids is 3. The summed E-state index contributed by atoms with van der Waals surface area (Å²) in [5.74, 6) is -1.52. The number of imidazole rings is 1. The number of esters is 1. The number of nitrogens with zero attached hydrogens (tertiary/aromatic N) is 3. The molecule has 1 aromatic heterocycles. The molecule has 2 atom stereocenters. The van der Waals surface area contributed by atoms with Gasteiger partial charge in [0, 0.05) is 32.0 Å². The lowest BCUT2D eigenvalue weighted by Crippen LogP contribution is -2.54. The van der Waals surface area contributed by atoms with E-state index in [9.17, 15) is 28.9 Å². The molecule has 0 fully saturated rings. The molecule has 0 saturated carbocycles. The molecule has 13 heteroatoms. The molecule has 40 heavy (non-hydrogen) atoms. The van der Waals surface area contributed by atoms with Crippen LogP contribution in [0.2, 0.25) is 0 Å². The van der Waals surface area contributed by atoms with E-state index in [1.165, 1.54) is 36.4 Å². The fourth-order valence-corrected chi connectivity index (χ4v) is 3.94. The monoisotopic (exact) mass is 557 g/mol. The van der Waals surface area contributed by atoms with Crippen LogP contribution in [0.15, 0.2) is 42.5 Å². The topological polar surface area (TPSA) is 155 Å². The lowest BCUT2D eigenvalue weighted by Gasteiger charge is -2.25. The Balaban J connectivity index is 1.91. The minimum Gasteiger partial charge on any atom is -0.464 e. The molecule has 3 aromatic rings. The van der Waals surface area contributed by atoms with Crippen molar-refractivity contribution < 1.29 is 33.2 Å². The number of hydrogen-bond donors (Lipinski definition) is 2. The Morgan fingerprint density at radius 3 is 2.35 bits per heavy atom. The number of benzene rings is 2. The maximum Gasteiger partial charge on any atom is 0.408 e. The molecular formula is C27H32FN5O7. The highest BCUT2D eigenvalue weighted by atomic mass is 19.1. The Hall–Kier alpha value is -4.55. The molecule has 0 unspecified atom stereocenters. The Morgan fingerprint density at radius 1 is 1.07 bits per heavy atom. The van der Waals surface area contributed by atoms with Crippen molar-refractivity contribution in [2.24, 2.45) is 7.05 Å². The van der Waals surface area contributed by atoms with Crippen LogP contribution in [-0.4, -0.2) is 56.7 Å². The van der Waals surface area contributed by atoms with E-state index in [1.54, 1.807) is 45.4 Å². The standard InChI is InChI=1S/C27H32FN5O7/c1-6-39-25(35)21(13-16-7-9-17(28)10-8-16)30-24(34)20(31-26(36)40-27(2,3)4)15-23-29-19-14-18(33(37)38)11-12-22(19)32(23)5/h7-12,14,20-21H,6,13,15H2,1-5H3,(H,30,34)(H,31,36)/t20-,21-/m0/s1. The number of alkyl carbamates (subject to hydrolysis) is 1. The number of nitrogens with one attached hydrogen (secondary N) is 2. The SMILES string of the molecule is CCOC(=O)[C@H](Cc1ccc(F)cc1)NC(=O)[C@H](Cc1nc2cc([N+](=O)[O-])ccc2n1C)NC(=O)OC(C)(C)C. The van der Waals surface area contributed by atoms with Gasteiger partial charge in [-0.3, -0.25) is 14.9 Å². The number of amides is 2. The van der Waals surface area contributed by atoms with Gasteiger partial charge in [0.05, 0.1) is 22.6 Å². The van der Waals surface area contributed by atoms with Gasteiger partial charge >= 0.3 is 12.1 Å². The van der Waals surface area contributed by atoms with Crippen molar-refractivity contribution in [3.63, 3.8) is 0 Å². The number of ether oxygens (including phenoxy) is 2. The van der Waals surface area contributed by atoms with Gasteiger partial charge in [0.2, 0.25) is 5.91 Å². The van der Waals surface area contributed by atoms with E-state index < -0.39 is 46.4 Å². The summed E-state index contributed by atoms with van der Waals surface area (Å²) in [6.07, 6.45) is -0.982. The van der Waals surface area contributed by atoms with Crippen LogP contribution in [0, 0.1) is 15.9 Å². The quantitative estimate of drug-likeness (QED) is 0.219. The lowest BCUT2D eigenvalue weighted by atomic mass is 10.0. The third-order valence-corrected chi connectivity index (χ3v) is 5.80. The number of carbonyl (C=O) groups is 3. The third kappa shape index (κ3) is 7.98. The van der Waals surface area contributed by atoms with Crippen LogP contribution >= 0.6 is 0 Å². The van der Waals surface area contributed by atoms with Crippen LogP contribution in [0.25, 0.3) is 11.0 Å². The largest absolute Gasteiger partial charge is 0.464 e. The second kappa shape index (κ2) is 12.5. The first-order valence-corrected chi connectivity index (χ1v) is 12.6. The number of fused-ring (bicyclic) bond motifs is 1. The van der Waals surface area contributed by atoms with Crippen molar-refractivity contribution in [1.82, 2.24) is 20.2 Å². The fourth-order valence-electron chi connectivity index (χ4n) is 3.94. The van der Waals surface area contributed by atoms with Gasteiger partial charge in [-0.05, 0) is 51.5 Å². The summed E-state index contributed by atoms with van der Waals surface area (Å²) in [5, 5.41) is 16.4. The first-order valence-electron chi connectivity index (χ1n) is 12.6. The van der Waals surface area contributed by atoms with Gasteiger partial charge in [-0.2, -0.15) is 0 Å². The molecule has 0 radical (unpaired) electrons. The maximum absolute atomic E-state index is 13.5. The number of rotatable bonds is 10. The van der Waals surface area contributed by atoms with Crippen molar-refractivity contribution >= 4 is 34.7 Å². The highest BCUT2D eigenvalue weighted by Crippen LogP contribution is 2.22. The van der Waals surface area contributed by atoms with Crippen molar-refractivity contribution in [3.05, 3.63) is 69.8 Å². The van der Waals surface area contributed by atoms with Crippen LogP contribution in [0.5, 0.6) is 0 Å². The summed E-state index contributed by atoms with van der Waals surface area (Å²) < 4.78 is 25.5. The highest BCUT2D eigenvalue weighted by molar-refractivity contribution is 5.90. The van der Waals surface area contributed by atoms with Gasteiger partial charge in [-0.25, -0.2) is 19.0 Å². The molecule has 0 aliphatic heterocycles. The fraction of sp³-hybridized carbons (Fsp3) is 0.407. The number of nitro groups is 1. The van der Waals surface area contributed by atoms with E-state index in [-0.39, 0.29) is 25.1 Å². The van der Waals surface area contributed by atoms with E-state index >= 15 is 0 Å². The number of non-ortho nitro benzene ring substituents is 1. The summed E-state index contributed by atoms with van der Waals surface area (Å²) in [5.41, 5.74) is 0.504. The van der Waals surface area contributed by atoms with Gasteiger partial charge in [-0.15, -0.1) is 0 Å². The van der Waals surface area contributed by atoms with Crippen molar-refractivity contribution in [1.29, 1.82) is 0 Å². The molecule has 2 amide bonds. The molecule has 2 aromatic carbocycles. The smallest absolute Gasteiger partial charge is 0.408 e. The zero-order chi connectivity index (χ0) is 29.6. The van der Waals surface area contributed by atoms with Crippen LogP contribution in [-0.2, 0) is 39.0 Å². The predicted octanol–water partition coefficient (Wildman–Crippen LogP) is 3.35. The summed E-state index contributed by atoms with van der Waals surface area (Å²) in [6, 6.07) is 7.27. The molecule has 2 N–H and O–H groups in total. The summed E-state index contributed by atoms with van der Waals surface area (Å²) in [6.45, 7) is 6.69.